The van der Waals surface area contributed by atoms with E-state index in [0.717, 1.165) is 22.7 Å². The van der Waals surface area contributed by atoms with Crippen molar-refractivity contribution in [2.75, 3.05) is 19.2 Å². The molecule has 0 spiro atoms. The summed E-state index contributed by atoms with van der Waals surface area (Å²) in [5.74, 6) is 2.09. The molecular weight excluding hydrogens is 256 g/mol. The second-order valence-electron chi connectivity index (χ2n) is 4.52. The number of benzene rings is 1. The van der Waals surface area contributed by atoms with Gasteiger partial charge in [-0.3, -0.25) is 4.98 Å². The zero-order valence-electron chi connectivity index (χ0n) is 11.5. The molecule has 0 bridgehead atoms. The van der Waals surface area contributed by atoms with Gasteiger partial charge in [-0.2, -0.15) is 0 Å². The molecule has 0 fully saturated rings. The Morgan fingerprint density at radius 3 is 3.05 bits per heavy atom. The molecule has 1 aromatic carbocycles. The highest BCUT2D eigenvalue weighted by molar-refractivity contribution is 5.56. The van der Waals surface area contributed by atoms with Crippen LogP contribution in [0.3, 0.4) is 0 Å². The van der Waals surface area contributed by atoms with Gasteiger partial charge in [0.25, 0.3) is 0 Å². The van der Waals surface area contributed by atoms with Gasteiger partial charge in [0.05, 0.1) is 18.5 Å². The molecule has 2 aromatic rings. The predicted molar refractivity (Wildman–Crippen MR) is 75.4 cm³/mol. The van der Waals surface area contributed by atoms with Crippen LogP contribution in [0.15, 0.2) is 30.5 Å². The SMILES string of the molecule is COc1cc(CNc2cccnc2C)cc2c1OCO2. The van der Waals surface area contributed by atoms with Crippen LogP contribution in [0.25, 0.3) is 0 Å². The van der Waals surface area contributed by atoms with Gasteiger partial charge in [-0.1, -0.05) is 0 Å². The number of methoxy groups -OCH3 is 1. The van der Waals surface area contributed by atoms with Gasteiger partial charge in [0.1, 0.15) is 0 Å². The number of rotatable bonds is 4. The van der Waals surface area contributed by atoms with Crippen LogP contribution in [0.4, 0.5) is 5.69 Å². The topological polar surface area (TPSA) is 52.6 Å². The summed E-state index contributed by atoms with van der Waals surface area (Å²) >= 11 is 0. The van der Waals surface area contributed by atoms with Gasteiger partial charge in [-0.05, 0) is 36.8 Å². The number of nitrogens with one attached hydrogen (secondary N) is 1. The Morgan fingerprint density at radius 2 is 2.25 bits per heavy atom. The highest BCUT2D eigenvalue weighted by atomic mass is 16.7. The lowest BCUT2D eigenvalue weighted by Gasteiger charge is -2.11. The number of fused-ring (bicyclic) bond motifs is 1. The first kappa shape index (κ1) is 12.6. The zero-order chi connectivity index (χ0) is 13.9. The monoisotopic (exact) mass is 272 g/mol. The van der Waals surface area contributed by atoms with Crippen molar-refractivity contribution < 1.29 is 14.2 Å². The molecule has 104 valence electrons. The van der Waals surface area contributed by atoms with E-state index in [2.05, 4.69) is 10.3 Å². The summed E-state index contributed by atoms with van der Waals surface area (Å²) < 4.78 is 16.1. The Hall–Kier alpha value is -2.43. The summed E-state index contributed by atoms with van der Waals surface area (Å²) in [6, 6.07) is 7.83. The van der Waals surface area contributed by atoms with Crippen molar-refractivity contribution in [2.45, 2.75) is 13.5 Å². The fourth-order valence-electron chi connectivity index (χ4n) is 2.15. The van der Waals surface area contributed by atoms with Crippen LogP contribution in [0.1, 0.15) is 11.3 Å². The van der Waals surface area contributed by atoms with E-state index in [0.29, 0.717) is 18.0 Å². The van der Waals surface area contributed by atoms with Gasteiger partial charge in [0.2, 0.25) is 12.5 Å². The summed E-state index contributed by atoms with van der Waals surface area (Å²) in [4.78, 5) is 4.25. The Balaban J connectivity index is 1.80. The maximum atomic E-state index is 5.42. The summed E-state index contributed by atoms with van der Waals surface area (Å²) in [7, 11) is 1.62. The quantitative estimate of drug-likeness (QED) is 0.927. The van der Waals surface area contributed by atoms with E-state index in [-0.39, 0.29) is 6.79 Å². The number of aryl methyl sites for hydroxylation is 1. The summed E-state index contributed by atoms with van der Waals surface area (Å²) in [5, 5.41) is 3.36. The average Bonchev–Trinajstić information content (AvgIpc) is 2.94. The van der Waals surface area contributed by atoms with Crippen molar-refractivity contribution >= 4 is 5.69 Å². The Bertz CT molecular complexity index is 629. The van der Waals surface area contributed by atoms with Crippen molar-refractivity contribution in [1.29, 1.82) is 0 Å². The Kier molecular flexibility index (Phi) is 3.33. The smallest absolute Gasteiger partial charge is 0.231 e. The molecule has 1 aliphatic rings. The van der Waals surface area contributed by atoms with Crippen molar-refractivity contribution in [3.63, 3.8) is 0 Å². The minimum atomic E-state index is 0.240. The molecule has 0 amide bonds. The van der Waals surface area contributed by atoms with Crippen LogP contribution >= 0.6 is 0 Å². The number of nitrogens with zero attached hydrogens (tertiary/aromatic N) is 1. The third-order valence-electron chi connectivity index (χ3n) is 3.21. The van der Waals surface area contributed by atoms with Crippen LogP contribution in [-0.2, 0) is 6.54 Å². The molecule has 0 atom stereocenters. The van der Waals surface area contributed by atoms with Gasteiger partial charge in [0.15, 0.2) is 11.5 Å². The summed E-state index contributed by atoms with van der Waals surface area (Å²) in [6.45, 7) is 2.88. The van der Waals surface area contributed by atoms with Crippen LogP contribution in [-0.4, -0.2) is 18.9 Å². The van der Waals surface area contributed by atoms with Gasteiger partial charge in [0, 0.05) is 12.7 Å². The van der Waals surface area contributed by atoms with Crippen molar-refractivity contribution in [1.82, 2.24) is 4.98 Å². The molecular formula is C15H16N2O3. The van der Waals surface area contributed by atoms with Gasteiger partial charge < -0.3 is 19.5 Å². The van der Waals surface area contributed by atoms with Crippen LogP contribution < -0.4 is 19.5 Å². The predicted octanol–water partition coefficient (Wildman–Crippen LogP) is 2.74. The number of aromatic nitrogens is 1. The zero-order valence-corrected chi connectivity index (χ0v) is 11.5. The van der Waals surface area contributed by atoms with Crippen molar-refractivity contribution in [3.05, 3.63) is 41.7 Å². The fourth-order valence-corrected chi connectivity index (χ4v) is 2.15. The maximum absolute atomic E-state index is 5.42. The van der Waals surface area contributed by atoms with E-state index in [1.54, 1.807) is 13.3 Å². The van der Waals surface area contributed by atoms with Crippen LogP contribution in [0.2, 0.25) is 0 Å². The molecule has 1 aromatic heterocycles. The van der Waals surface area contributed by atoms with Gasteiger partial charge in [-0.25, -0.2) is 0 Å². The number of pyridine rings is 1. The first-order valence-corrected chi connectivity index (χ1v) is 6.40. The number of ether oxygens (including phenoxy) is 3. The second kappa shape index (κ2) is 5.28. The fraction of sp³-hybridized carbons (Fsp3) is 0.267. The number of hydrogen-bond acceptors (Lipinski definition) is 5. The van der Waals surface area contributed by atoms with Crippen LogP contribution in [0.5, 0.6) is 17.2 Å². The molecule has 1 aliphatic heterocycles. The lowest BCUT2D eigenvalue weighted by atomic mass is 10.1. The number of hydrogen-bond donors (Lipinski definition) is 1. The second-order valence-corrected chi connectivity index (χ2v) is 4.52. The lowest BCUT2D eigenvalue weighted by Crippen LogP contribution is -2.02. The molecule has 0 aliphatic carbocycles. The minimum Gasteiger partial charge on any atom is -0.493 e. The molecule has 1 N–H and O–H groups in total. The van der Waals surface area contributed by atoms with Crippen LogP contribution in [0, 0.1) is 6.92 Å². The van der Waals surface area contributed by atoms with E-state index in [9.17, 15) is 0 Å². The third-order valence-corrected chi connectivity index (χ3v) is 3.21. The average molecular weight is 272 g/mol. The Labute approximate surface area is 117 Å². The number of anilines is 1. The van der Waals surface area contributed by atoms with Gasteiger partial charge >= 0.3 is 0 Å². The highest BCUT2D eigenvalue weighted by Gasteiger charge is 2.19. The van der Waals surface area contributed by atoms with E-state index >= 15 is 0 Å². The van der Waals surface area contributed by atoms with E-state index in [1.807, 2.05) is 31.2 Å². The molecule has 0 saturated carbocycles. The standard InChI is InChI=1S/C15H16N2O3/c1-10-12(4-3-5-16-10)17-8-11-6-13(18-2)15-14(7-11)19-9-20-15/h3-7,17H,8-9H2,1-2H3. The van der Waals surface area contributed by atoms with Crippen molar-refractivity contribution in [2.24, 2.45) is 0 Å². The van der Waals surface area contributed by atoms with Crippen molar-refractivity contribution in [3.8, 4) is 17.2 Å². The molecule has 5 nitrogen and oxygen atoms in total. The lowest BCUT2D eigenvalue weighted by molar-refractivity contribution is 0.171. The van der Waals surface area contributed by atoms with Gasteiger partial charge in [-0.15, -0.1) is 0 Å². The Morgan fingerprint density at radius 1 is 1.35 bits per heavy atom. The highest BCUT2D eigenvalue weighted by Crippen LogP contribution is 2.41. The minimum absolute atomic E-state index is 0.240. The molecule has 0 unspecified atom stereocenters. The van der Waals surface area contributed by atoms with E-state index in [4.69, 9.17) is 14.2 Å². The molecule has 2 heterocycles. The molecule has 3 rings (SSSR count). The van der Waals surface area contributed by atoms with E-state index < -0.39 is 0 Å². The molecule has 0 radical (unpaired) electrons. The first-order valence-electron chi connectivity index (χ1n) is 6.40. The normalized spacial score (nSPS) is 12.3. The molecule has 20 heavy (non-hydrogen) atoms. The third kappa shape index (κ3) is 2.34. The largest absolute Gasteiger partial charge is 0.493 e. The molecule has 0 saturated heterocycles. The first-order chi connectivity index (χ1) is 9.78. The summed E-state index contributed by atoms with van der Waals surface area (Å²) in [5.41, 5.74) is 3.05. The van der Waals surface area contributed by atoms with E-state index in [1.165, 1.54) is 0 Å². The summed E-state index contributed by atoms with van der Waals surface area (Å²) in [6.07, 6.45) is 1.78. The molecule has 5 heteroatoms. The maximum Gasteiger partial charge on any atom is 0.231 e.